The molecular weight excluding hydrogens is 394 g/mol. The summed E-state index contributed by atoms with van der Waals surface area (Å²) in [6.07, 6.45) is 9.43. The van der Waals surface area contributed by atoms with Gasteiger partial charge in [0.2, 0.25) is 0 Å². The van der Waals surface area contributed by atoms with Crippen molar-refractivity contribution in [3.8, 4) is 0 Å². The molecule has 2 saturated heterocycles. The molecule has 2 aliphatic rings. The molecule has 2 aromatic heterocycles. The van der Waals surface area contributed by atoms with Gasteiger partial charge < -0.3 is 19.5 Å². The minimum Gasteiger partial charge on any atom is -0.368 e. The lowest BCUT2D eigenvalue weighted by Gasteiger charge is -2.33. The van der Waals surface area contributed by atoms with Gasteiger partial charge in [-0.05, 0) is 51.2 Å². The van der Waals surface area contributed by atoms with Crippen LogP contribution >= 0.6 is 0 Å². The number of rotatable bonds is 7. The van der Waals surface area contributed by atoms with Crippen molar-refractivity contribution in [1.82, 2.24) is 24.8 Å². The molecule has 1 unspecified atom stereocenters. The van der Waals surface area contributed by atoms with Gasteiger partial charge in [-0.15, -0.1) is 0 Å². The van der Waals surface area contributed by atoms with E-state index in [9.17, 15) is 9.59 Å². The van der Waals surface area contributed by atoms with Gasteiger partial charge >= 0.3 is 0 Å². The van der Waals surface area contributed by atoms with Crippen molar-refractivity contribution >= 4 is 11.8 Å². The summed E-state index contributed by atoms with van der Waals surface area (Å²) in [5.41, 5.74) is 2.41. The predicted octanol–water partition coefficient (Wildman–Crippen LogP) is 2.29. The highest BCUT2D eigenvalue weighted by molar-refractivity contribution is 5.95. The van der Waals surface area contributed by atoms with E-state index in [4.69, 9.17) is 9.72 Å². The van der Waals surface area contributed by atoms with Crippen LogP contribution in [0.3, 0.4) is 0 Å². The van der Waals surface area contributed by atoms with Crippen LogP contribution in [0.2, 0.25) is 0 Å². The highest BCUT2D eigenvalue weighted by Crippen LogP contribution is 2.30. The van der Waals surface area contributed by atoms with Crippen LogP contribution in [-0.4, -0.2) is 63.6 Å². The first kappa shape index (κ1) is 21.5. The van der Waals surface area contributed by atoms with Gasteiger partial charge in [-0.3, -0.25) is 14.6 Å². The van der Waals surface area contributed by atoms with Crippen LogP contribution in [0.1, 0.15) is 59.8 Å². The van der Waals surface area contributed by atoms with Gasteiger partial charge in [0, 0.05) is 56.8 Å². The van der Waals surface area contributed by atoms with E-state index in [-0.39, 0.29) is 23.8 Å². The molecule has 4 rings (SSSR count). The number of aryl methyl sites for hydroxylation is 2. The van der Waals surface area contributed by atoms with Gasteiger partial charge in [-0.2, -0.15) is 0 Å². The number of nitrogens with zero attached hydrogens (tertiary/aromatic N) is 4. The van der Waals surface area contributed by atoms with E-state index in [0.717, 1.165) is 50.0 Å². The predicted molar refractivity (Wildman–Crippen MR) is 116 cm³/mol. The van der Waals surface area contributed by atoms with Crippen LogP contribution in [-0.2, 0) is 16.1 Å². The van der Waals surface area contributed by atoms with Crippen molar-refractivity contribution in [2.75, 3.05) is 26.2 Å². The number of piperidine rings is 1. The first-order chi connectivity index (χ1) is 15.1. The Morgan fingerprint density at radius 3 is 2.77 bits per heavy atom. The number of aromatic nitrogens is 3. The average molecular weight is 426 g/mol. The van der Waals surface area contributed by atoms with E-state index >= 15 is 0 Å². The number of nitrogens with one attached hydrogen (secondary N) is 1. The number of pyridine rings is 1. The number of amides is 2. The van der Waals surface area contributed by atoms with Gasteiger partial charge in [0.1, 0.15) is 6.10 Å². The summed E-state index contributed by atoms with van der Waals surface area (Å²) in [5, 5.41) is 3.03. The van der Waals surface area contributed by atoms with Crippen LogP contribution in [0, 0.1) is 6.92 Å². The average Bonchev–Trinajstić information content (AvgIpc) is 3.50. The lowest BCUT2D eigenvalue weighted by molar-refractivity contribution is -0.142. The summed E-state index contributed by atoms with van der Waals surface area (Å²) < 4.78 is 7.55. The highest BCUT2D eigenvalue weighted by atomic mass is 16.5. The first-order valence-electron chi connectivity index (χ1n) is 11.2. The second kappa shape index (κ2) is 10.0. The Labute approximate surface area is 183 Å². The minimum absolute atomic E-state index is 0.0778. The van der Waals surface area contributed by atoms with E-state index < -0.39 is 0 Å². The van der Waals surface area contributed by atoms with Crippen molar-refractivity contribution in [2.24, 2.45) is 0 Å². The maximum absolute atomic E-state index is 12.9. The summed E-state index contributed by atoms with van der Waals surface area (Å²) in [7, 11) is 0. The SMILES string of the molecule is Cc1ccc(C(=O)NCCCn2ccnc2)c(C2CCN(C(=O)C3CCCO3)CC2)n1. The number of hydrogen-bond acceptors (Lipinski definition) is 5. The Balaban J connectivity index is 1.34. The molecule has 166 valence electrons. The Kier molecular flexibility index (Phi) is 6.96. The molecule has 0 radical (unpaired) electrons. The molecule has 31 heavy (non-hydrogen) atoms. The lowest BCUT2D eigenvalue weighted by atomic mass is 9.89. The standard InChI is InChI=1S/C23H31N5O3/c1-17-5-6-19(22(29)25-9-3-11-27-14-10-24-16-27)21(26-17)18-7-12-28(13-8-18)23(30)20-4-2-15-31-20/h5-6,10,14,16,18,20H,2-4,7-9,11-13,15H2,1H3,(H,25,29). The molecule has 2 aromatic rings. The number of ether oxygens (including phenoxy) is 1. The molecule has 2 aliphatic heterocycles. The van der Waals surface area contributed by atoms with Crippen molar-refractivity contribution in [3.05, 3.63) is 47.8 Å². The Morgan fingerprint density at radius 2 is 2.06 bits per heavy atom. The molecular formula is C23H31N5O3. The zero-order chi connectivity index (χ0) is 21.6. The fourth-order valence-corrected chi connectivity index (χ4v) is 4.41. The number of carbonyl (C=O) groups is 2. The molecule has 2 fully saturated rings. The second-order valence-corrected chi connectivity index (χ2v) is 8.40. The monoisotopic (exact) mass is 425 g/mol. The summed E-state index contributed by atoms with van der Waals surface area (Å²) in [5.74, 6) is 0.218. The number of likely N-dealkylation sites (tertiary alicyclic amines) is 1. The Morgan fingerprint density at radius 1 is 1.23 bits per heavy atom. The third-order valence-electron chi connectivity index (χ3n) is 6.14. The number of imidazole rings is 1. The molecule has 1 atom stereocenters. The van der Waals surface area contributed by atoms with E-state index in [1.165, 1.54) is 0 Å². The molecule has 1 N–H and O–H groups in total. The third-order valence-corrected chi connectivity index (χ3v) is 6.14. The zero-order valence-corrected chi connectivity index (χ0v) is 18.1. The molecule has 0 spiro atoms. The molecule has 2 amide bonds. The van der Waals surface area contributed by atoms with Gasteiger partial charge in [0.25, 0.3) is 11.8 Å². The first-order valence-corrected chi connectivity index (χ1v) is 11.2. The van der Waals surface area contributed by atoms with E-state index in [1.54, 1.807) is 12.5 Å². The Bertz CT molecular complexity index is 885. The van der Waals surface area contributed by atoms with Crippen LogP contribution in [0.5, 0.6) is 0 Å². The molecule has 0 saturated carbocycles. The molecule has 8 nitrogen and oxygen atoms in total. The Hall–Kier alpha value is -2.74. The molecule has 4 heterocycles. The van der Waals surface area contributed by atoms with E-state index in [1.807, 2.05) is 34.7 Å². The smallest absolute Gasteiger partial charge is 0.253 e. The van der Waals surface area contributed by atoms with Gasteiger partial charge in [0.15, 0.2) is 0 Å². The van der Waals surface area contributed by atoms with Crippen molar-refractivity contribution < 1.29 is 14.3 Å². The van der Waals surface area contributed by atoms with Crippen LogP contribution in [0.25, 0.3) is 0 Å². The van der Waals surface area contributed by atoms with Crippen molar-refractivity contribution in [3.63, 3.8) is 0 Å². The zero-order valence-electron chi connectivity index (χ0n) is 18.1. The highest BCUT2D eigenvalue weighted by Gasteiger charge is 2.32. The van der Waals surface area contributed by atoms with Crippen molar-refractivity contribution in [1.29, 1.82) is 0 Å². The van der Waals surface area contributed by atoms with Crippen LogP contribution < -0.4 is 5.32 Å². The molecule has 0 bridgehead atoms. The lowest BCUT2D eigenvalue weighted by Crippen LogP contribution is -2.43. The molecule has 0 aromatic carbocycles. The minimum atomic E-state index is -0.266. The van der Waals surface area contributed by atoms with Gasteiger partial charge in [-0.1, -0.05) is 0 Å². The number of hydrogen-bond donors (Lipinski definition) is 1. The largest absolute Gasteiger partial charge is 0.368 e. The van der Waals surface area contributed by atoms with Gasteiger partial charge in [0.05, 0.1) is 17.6 Å². The second-order valence-electron chi connectivity index (χ2n) is 8.40. The topological polar surface area (TPSA) is 89.4 Å². The molecule has 0 aliphatic carbocycles. The summed E-state index contributed by atoms with van der Waals surface area (Å²) in [4.78, 5) is 36.2. The summed E-state index contributed by atoms with van der Waals surface area (Å²) in [6.45, 7) is 5.41. The third kappa shape index (κ3) is 5.31. The normalized spacial score (nSPS) is 19.5. The number of carbonyl (C=O) groups excluding carboxylic acids is 2. The van der Waals surface area contributed by atoms with Gasteiger partial charge in [-0.25, -0.2) is 4.98 Å². The van der Waals surface area contributed by atoms with E-state index in [2.05, 4.69) is 10.3 Å². The van der Waals surface area contributed by atoms with E-state index in [0.29, 0.717) is 31.8 Å². The fourth-order valence-electron chi connectivity index (χ4n) is 4.41. The maximum Gasteiger partial charge on any atom is 0.253 e. The quantitative estimate of drug-likeness (QED) is 0.688. The molecule has 8 heteroatoms. The summed E-state index contributed by atoms with van der Waals surface area (Å²) in [6, 6.07) is 3.77. The van der Waals surface area contributed by atoms with Crippen LogP contribution in [0.4, 0.5) is 0 Å². The summed E-state index contributed by atoms with van der Waals surface area (Å²) >= 11 is 0. The fraction of sp³-hybridized carbons (Fsp3) is 0.565. The van der Waals surface area contributed by atoms with Crippen molar-refractivity contribution in [2.45, 2.75) is 57.6 Å². The van der Waals surface area contributed by atoms with Crippen LogP contribution in [0.15, 0.2) is 30.9 Å². The maximum atomic E-state index is 12.9.